The van der Waals surface area contributed by atoms with E-state index in [1.165, 1.54) is 4.90 Å². The smallest absolute Gasteiger partial charge is 0.323 e. The number of hydrogen-bond acceptors (Lipinski definition) is 3. The molecular weight excluding hydrogens is 248 g/mol. The molecule has 0 saturated carbocycles. The summed E-state index contributed by atoms with van der Waals surface area (Å²) in [5.74, 6) is -1.02. The largest absolute Gasteiger partial charge is 0.480 e. The Balaban J connectivity index is 2.59. The zero-order chi connectivity index (χ0) is 14.4. The third-order valence-corrected chi connectivity index (χ3v) is 2.75. The van der Waals surface area contributed by atoms with Gasteiger partial charge in [0, 0.05) is 31.9 Å². The van der Waals surface area contributed by atoms with E-state index in [0.29, 0.717) is 13.1 Å². The maximum Gasteiger partial charge on any atom is 0.323 e. The van der Waals surface area contributed by atoms with Crippen molar-refractivity contribution in [2.75, 3.05) is 13.1 Å². The number of carboxylic acid groups (broad SMARTS) is 1. The first-order valence-corrected chi connectivity index (χ1v) is 6.23. The van der Waals surface area contributed by atoms with Crippen LogP contribution in [0.5, 0.6) is 0 Å². The molecule has 0 unspecified atom stereocenters. The van der Waals surface area contributed by atoms with Crippen LogP contribution in [0.2, 0.25) is 0 Å². The summed E-state index contributed by atoms with van der Waals surface area (Å²) in [4.78, 5) is 23.7. The van der Waals surface area contributed by atoms with E-state index < -0.39 is 5.97 Å². The van der Waals surface area contributed by atoms with Crippen LogP contribution in [0.25, 0.3) is 0 Å². The number of carboxylic acids is 1. The number of aliphatic carboxylic acids is 1. The number of hydrogen-bond donors (Lipinski definition) is 2. The molecule has 0 aliphatic carbocycles. The summed E-state index contributed by atoms with van der Waals surface area (Å²) in [5, 5.41) is 15.7. The number of carbonyl (C=O) groups is 2. The lowest BCUT2D eigenvalue weighted by Gasteiger charge is -2.19. The van der Waals surface area contributed by atoms with Crippen molar-refractivity contribution >= 4 is 12.0 Å². The Bertz CT molecular complexity index is 456. The Hall–Kier alpha value is -2.05. The van der Waals surface area contributed by atoms with Crippen LogP contribution in [-0.2, 0) is 24.8 Å². The Kier molecular flexibility index (Phi) is 5.35. The summed E-state index contributed by atoms with van der Waals surface area (Å²) in [6, 6.07) is -0.379. The molecule has 106 valence electrons. The first-order valence-electron chi connectivity index (χ1n) is 6.23. The average Bonchev–Trinajstić information content (AvgIpc) is 2.73. The maximum atomic E-state index is 11.8. The summed E-state index contributed by atoms with van der Waals surface area (Å²) >= 11 is 0. The van der Waals surface area contributed by atoms with Gasteiger partial charge in [-0.25, -0.2) is 4.79 Å². The number of nitrogens with zero attached hydrogens (tertiary/aromatic N) is 3. The highest BCUT2D eigenvalue weighted by Gasteiger charge is 2.15. The first kappa shape index (κ1) is 15.0. The first-order chi connectivity index (χ1) is 8.97. The van der Waals surface area contributed by atoms with Crippen LogP contribution in [0.3, 0.4) is 0 Å². The van der Waals surface area contributed by atoms with Gasteiger partial charge >= 0.3 is 12.0 Å². The standard InChI is InChI=1S/C12H20N4O3/c1-4-10-9(7-15(3)14-10)6-13-12(19)16(5-2)8-11(17)18/h7H,4-6,8H2,1-3H3,(H,13,19)(H,17,18). The number of likely N-dealkylation sites (N-methyl/N-ethyl adjacent to an activating group) is 1. The van der Waals surface area contributed by atoms with Crippen LogP contribution in [0.4, 0.5) is 4.79 Å². The second kappa shape index (κ2) is 6.77. The van der Waals surface area contributed by atoms with Gasteiger partial charge in [0.25, 0.3) is 0 Å². The van der Waals surface area contributed by atoms with Gasteiger partial charge in [-0.05, 0) is 13.3 Å². The van der Waals surface area contributed by atoms with E-state index >= 15 is 0 Å². The highest BCUT2D eigenvalue weighted by molar-refractivity contribution is 5.80. The minimum atomic E-state index is -1.02. The van der Waals surface area contributed by atoms with Gasteiger partial charge in [-0.3, -0.25) is 9.48 Å². The highest BCUT2D eigenvalue weighted by atomic mass is 16.4. The Labute approximate surface area is 112 Å². The number of urea groups is 1. The van der Waals surface area contributed by atoms with Crippen LogP contribution >= 0.6 is 0 Å². The molecule has 0 fully saturated rings. The van der Waals surface area contributed by atoms with Crippen LogP contribution in [0.1, 0.15) is 25.1 Å². The number of carbonyl (C=O) groups excluding carboxylic acids is 1. The minimum Gasteiger partial charge on any atom is -0.480 e. The molecule has 1 rings (SSSR count). The molecule has 0 spiro atoms. The lowest BCUT2D eigenvalue weighted by molar-refractivity contribution is -0.137. The third-order valence-electron chi connectivity index (χ3n) is 2.75. The Morgan fingerprint density at radius 1 is 1.47 bits per heavy atom. The molecule has 0 aliphatic heterocycles. The van der Waals surface area contributed by atoms with E-state index in [1.807, 2.05) is 20.2 Å². The normalized spacial score (nSPS) is 10.3. The van der Waals surface area contributed by atoms with E-state index in [1.54, 1.807) is 11.6 Å². The van der Waals surface area contributed by atoms with Crippen molar-refractivity contribution in [2.45, 2.75) is 26.8 Å². The van der Waals surface area contributed by atoms with Crippen molar-refractivity contribution < 1.29 is 14.7 Å². The molecule has 1 heterocycles. The summed E-state index contributed by atoms with van der Waals surface area (Å²) in [6.45, 7) is 4.15. The van der Waals surface area contributed by atoms with Gasteiger partial charge in [0.05, 0.1) is 5.69 Å². The quantitative estimate of drug-likeness (QED) is 0.791. The van der Waals surface area contributed by atoms with E-state index in [9.17, 15) is 9.59 Å². The number of aromatic nitrogens is 2. The van der Waals surface area contributed by atoms with Crippen LogP contribution in [0, 0.1) is 0 Å². The minimum absolute atomic E-state index is 0.296. The van der Waals surface area contributed by atoms with Gasteiger partial charge in [-0.15, -0.1) is 0 Å². The number of nitrogens with one attached hydrogen (secondary N) is 1. The van der Waals surface area contributed by atoms with E-state index in [0.717, 1.165) is 17.7 Å². The fourth-order valence-electron chi connectivity index (χ4n) is 1.80. The number of amides is 2. The second-order valence-electron chi connectivity index (χ2n) is 4.19. The van der Waals surface area contributed by atoms with E-state index in [-0.39, 0.29) is 12.6 Å². The molecule has 7 heteroatoms. The van der Waals surface area contributed by atoms with Gasteiger partial charge in [0.1, 0.15) is 6.54 Å². The van der Waals surface area contributed by atoms with Crippen LogP contribution < -0.4 is 5.32 Å². The summed E-state index contributed by atoms with van der Waals surface area (Å²) in [5.41, 5.74) is 1.88. The molecule has 19 heavy (non-hydrogen) atoms. The number of rotatable bonds is 6. The lowest BCUT2D eigenvalue weighted by Crippen LogP contribution is -2.42. The van der Waals surface area contributed by atoms with Gasteiger partial charge in [-0.1, -0.05) is 6.92 Å². The highest BCUT2D eigenvalue weighted by Crippen LogP contribution is 2.06. The molecule has 0 bridgehead atoms. The van der Waals surface area contributed by atoms with Crippen molar-refractivity contribution in [3.63, 3.8) is 0 Å². The van der Waals surface area contributed by atoms with Crippen molar-refractivity contribution in [1.29, 1.82) is 0 Å². The third kappa shape index (κ3) is 4.27. The molecule has 0 saturated heterocycles. The molecule has 0 radical (unpaired) electrons. The van der Waals surface area contributed by atoms with Gasteiger partial charge in [0.15, 0.2) is 0 Å². The van der Waals surface area contributed by atoms with Crippen molar-refractivity contribution in [1.82, 2.24) is 20.0 Å². The van der Waals surface area contributed by atoms with E-state index in [2.05, 4.69) is 10.4 Å². The van der Waals surface area contributed by atoms with Crippen LogP contribution in [0.15, 0.2) is 6.20 Å². The van der Waals surface area contributed by atoms with Crippen molar-refractivity contribution in [3.05, 3.63) is 17.5 Å². The van der Waals surface area contributed by atoms with E-state index in [4.69, 9.17) is 5.11 Å². The van der Waals surface area contributed by atoms with Crippen molar-refractivity contribution in [2.24, 2.45) is 7.05 Å². The molecular formula is C12H20N4O3. The molecule has 2 amide bonds. The maximum absolute atomic E-state index is 11.8. The van der Waals surface area contributed by atoms with Crippen LogP contribution in [-0.4, -0.2) is 44.9 Å². The Morgan fingerprint density at radius 2 is 2.16 bits per heavy atom. The molecule has 0 aliphatic rings. The summed E-state index contributed by atoms with van der Waals surface area (Å²) < 4.78 is 1.70. The van der Waals surface area contributed by atoms with Gasteiger partial charge in [0.2, 0.25) is 0 Å². The zero-order valence-corrected chi connectivity index (χ0v) is 11.5. The second-order valence-corrected chi connectivity index (χ2v) is 4.19. The molecule has 7 nitrogen and oxygen atoms in total. The lowest BCUT2D eigenvalue weighted by atomic mass is 10.2. The fraction of sp³-hybridized carbons (Fsp3) is 0.583. The average molecular weight is 268 g/mol. The summed E-state index contributed by atoms with van der Waals surface area (Å²) in [7, 11) is 1.83. The topological polar surface area (TPSA) is 87.5 Å². The Morgan fingerprint density at radius 3 is 2.68 bits per heavy atom. The summed E-state index contributed by atoms with van der Waals surface area (Å²) in [6.07, 6.45) is 2.64. The van der Waals surface area contributed by atoms with Gasteiger partial charge < -0.3 is 15.3 Å². The number of aryl methyl sites for hydroxylation is 2. The molecule has 2 N–H and O–H groups in total. The zero-order valence-electron chi connectivity index (χ0n) is 11.5. The molecule has 0 atom stereocenters. The fourth-order valence-corrected chi connectivity index (χ4v) is 1.80. The SMILES string of the molecule is CCc1nn(C)cc1CNC(=O)N(CC)CC(=O)O. The monoisotopic (exact) mass is 268 g/mol. The predicted molar refractivity (Wildman–Crippen MR) is 69.7 cm³/mol. The van der Waals surface area contributed by atoms with Crippen molar-refractivity contribution in [3.8, 4) is 0 Å². The molecule has 1 aromatic heterocycles. The molecule has 1 aromatic rings. The van der Waals surface area contributed by atoms with Gasteiger partial charge in [-0.2, -0.15) is 5.10 Å². The predicted octanol–water partition coefficient (Wildman–Crippen LogP) is 0.599. The molecule has 0 aromatic carbocycles.